The smallest absolute Gasteiger partial charge is 0.178 e. The van der Waals surface area contributed by atoms with Crippen LogP contribution in [-0.4, -0.2) is 49.4 Å². The predicted molar refractivity (Wildman–Crippen MR) is 91.8 cm³/mol. The van der Waals surface area contributed by atoms with E-state index in [2.05, 4.69) is 34.0 Å². The van der Waals surface area contributed by atoms with Gasteiger partial charge in [-0.25, -0.2) is 0 Å². The summed E-state index contributed by atoms with van der Waals surface area (Å²) in [5, 5.41) is 0. The van der Waals surface area contributed by atoms with Gasteiger partial charge in [-0.1, -0.05) is 18.2 Å². The quantitative estimate of drug-likeness (QED) is 0.799. The molecule has 4 heteroatoms. The number of aryl methyl sites for hydroxylation is 2. The molecule has 118 valence electrons. The number of para-hydroxylation sites is 1. The van der Waals surface area contributed by atoms with Crippen LogP contribution in [0.15, 0.2) is 36.4 Å². The number of aromatic nitrogens is 1. The van der Waals surface area contributed by atoms with E-state index in [1.807, 2.05) is 45.2 Å². The SMILES string of the molecule is Cc1cc(C(=O)CN(C)CCN(C)c2ccccc2)c(C)[nH]1. The number of aromatic amines is 1. The number of H-pyrrole nitrogens is 1. The van der Waals surface area contributed by atoms with Crippen molar-refractivity contribution < 1.29 is 4.79 Å². The van der Waals surface area contributed by atoms with Crippen LogP contribution in [0, 0.1) is 13.8 Å². The number of benzene rings is 1. The van der Waals surface area contributed by atoms with Crippen LogP contribution in [0.1, 0.15) is 21.7 Å². The number of carbonyl (C=O) groups excluding carboxylic acids is 1. The standard InChI is InChI=1S/C18H25N3O/c1-14-12-17(15(2)19-14)18(22)13-20(3)10-11-21(4)16-8-6-5-7-9-16/h5-9,12,19H,10-11,13H2,1-4H3. The highest BCUT2D eigenvalue weighted by Crippen LogP contribution is 2.12. The van der Waals surface area contributed by atoms with Gasteiger partial charge in [0.15, 0.2) is 5.78 Å². The highest BCUT2D eigenvalue weighted by molar-refractivity contribution is 5.98. The van der Waals surface area contributed by atoms with E-state index in [1.165, 1.54) is 5.69 Å². The van der Waals surface area contributed by atoms with E-state index in [1.54, 1.807) is 0 Å². The second-order valence-electron chi connectivity index (χ2n) is 5.91. The van der Waals surface area contributed by atoms with Gasteiger partial charge in [0.1, 0.15) is 0 Å². The van der Waals surface area contributed by atoms with Crippen molar-refractivity contribution >= 4 is 11.5 Å². The first-order valence-corrected chi connectivity index (χ1v) is 7.61. The Kier molecular flexibility index (Phi) is 5.39. The van der Waals surface area contributed by atoms with Crippen LogP contribution in [0.4, 0.5) is 5.69 Å². The van der Waals surface area contributed by atoms with Crippen molar-refractivity contribution in [1.29, 1.82) is 0 Å². The van der Waals surface area contributed by atoms with Crippen LogP contribution >= 0.6 is 0 Å². The van der Waals surface area contributed by atoms with Crippen molar-refractivity contribution in [2.45, 2.75) is 13.8 Å². The first-order chi connectivity index (χ1) is 10.5. The zero-order valence-electron chi connectivity index (χ0n) is 13.9. The van der Waals surface area contributed by atoms with Crippen molar-refractivity contribution in [2.24, 2.45) is 0 Å². The Morgan fingerprint density at radius 1 is 1.09 bits per heavy atom. The van der Waals surface area contributed by atoms with Gasteiger partial charge in [0.05, 0.1) is 6.54 Å². The zero-order chi connectivity index (χ0) is 16.1. The highest BCUT2D eigenvalue weighted by Gasteiger charge is 2.14. The van der Waals surface area contributed by atoms with E-state index in [4.69, 9.17) is 0 Å². The molecule has 2 aromatic rings. The first-order valence-electron chi connectivity index (χ1n) is 7.61. The summed E-state index contributed by atoms with van der Waals surface area (Å²) < 4.78 is 0. The largest absolute Gasteiger partial charge is 0.373 e. The van der Waals surface area contributed by atoms with E-state index in [-0.39, 0.29) is 5.78 Å². The van der Waals surface area contributed by atoms with Gasteiger partial charge in [0.2, 0.25) is 0 Å². The molecule has 0 amide bonds. The second kappa shape index (κ2) is 7.27. The van der Waals surface area contributed by atoms with Crippen LogP contribution in [0.5, 0.6) is 0 Å². The summed E-state index contributed by atoms with van der Waals surface area (Å²) in [4.78, 5) is 19.8. The molecule has 0 atom stereocenters. The minimum absolute atomic E-state index is 0.173. The topological polar surface area (TPSA) is 39.3 Å². The Bertz CT molecular complexity index is 619. The number of rotatable bonds is 7. The first kappa shape index (κ1) is 16.3. The van der Waals surface area contributed by atoms with E-state index >= 15 is 0 Å². The van der Waals surface area contributed by atoms with E-state index < -0.39 is 0 Å². The second-order valence-corrected chi connectivity index (χ2v) is 5.91. The summed E-state index contributed by atoms with van der Waals surface area (Å²) in [7, 11) is 4.07. The van der Waals surface area contributed by atoms with Gasteiger partial charge in [0, 0.05) is 42.8 Å². The molecule has 0 radical (unpaired) electrons. The molecule has 0 aliphatic rings. The fourth-order valence-electron chi connectivity index (χ4n) is 2.56. The number of hydrogen-bond acceptors (Lipinski definition) is 3. The maximum absolute atomic E-state index is 12.3. The molecule has 1 heterocycles. The van der Waals surface area contributed by atoms with Crippen LogP contribution in [0.3, 0.4) is 0 Å². The number of ketones is 1. The molecule has 4 nitrogen and oxygen atoms in total. The third-order valence-electron chi connectivity index (χ3n) is 3.88. The summed E-state index contributed by atoms with van der Waals surface area (Å²) in [5.41, 5.74) is 3.99. The number of carbonyl (C=O) groups is 1. The molecule has 0 saturated heterocycles. The molecule has 0 saturated carbocycles. The summed E-state index contributed by atoms with van der Waals surface area (Å²) in [6.45, 7) is 6.10. The van der Waals surface area contributed by atoms with Gasteiger partial charge >= 0.3 is 0 Å². The van der Waals surface area contributed by atoms with Gasteiger partial charge in [-0.05, 0) is 39.1 Å². The molecule has 0 fully saturated rings. The van der Waals surface area contributed by atoms with Crippen LogP contribution < -0.4 is 4.90 Å². The number of Topliss-reactive ketones (excluding diaryl/α,β-unsaturated/α-hetero) is 1. The summed E-state index contributed by atoms with van der Waals surface area (Å²) in [5.74, 6) is 0.173. The average molecular weight is 299 g/mol. The Hall–Kier alpha value is -2.07. The van der Waals surface area contributed by atoms with Gasteiger partial charge in [0.25, 0.3) is 0 Å². The maximum Gasteiger partial charge on any atom is 0.178 e. The normalized spacial score (nSPS) is 11.0. The van der Waals surface area contributed by atoms with Crippen molar-refractivity contribution in [3.63, 3.8) is 0 Å². The Morgan fingerprint density at radius 3 is 2.36 bits per heavy atom. The van der Waals surface area contributed by atoms with E-state index in [0.717, 1.165) is 30.0 Å². The van der Waals surface area contributed by atoms with Crippen molar-refractivity contribution in [3.8, 4) is 0 Å². The van der Waals surface area contributed by atoms with E-state index in [0.29, 0.717) is 6.54 Å². The van der Waals surface area contributed by atoms with Crippen molar-refractivity contribution in [2.75, 3.05) is 38.6 Å². The van der Waals surface area contributed by atoms with Crippen LogP contribution in [-0.2, 0) is 0 Å². The molecule has 2 rings (SSSR count). The minimum Gasteiger partial charge on any atom is -0.373 e. The third kappa shape index (κ3) is 4.21. The Labute approximate surface area is 132 Å². The third-order valence-corrected chi connectivity index (χ3v) is 3.88. The van der Waals surface area contributed by atoms with Gasteiger partial charge in [-0.15, -0.1) is 0 Å². The Balaban J connectivity index is 1.84. The maximum atomic E-state index is 12.3. The molecule has 0 aliphatic heterocycles. The lowest BCUT2D eigenvalue weighted by molar-refractivity contribution is 0.0947. The fourth-order valence-corrected chi connectivity index (χ4v) is 2.56. The molecular formula is C18H25N3O. The number of hydrogen-bond donors (Lipinski definition) is 1. The lowest BCUT2D eigenvalue weighted by Gasteiger charge is -2.23. The van der Waals surface area contributed by atoms with E-state index in [9.17, 15) is 4.79 Å². The molecule has 1 aromatic carbocycles. The van der Waals surface area contributed by atoms with Crippen molar-refractivity contribution in [1.82, 2.24) is 9.88 Å². The van der Waals surface area contributed by atoms with Crippen LogP contribution in [0.2, 0.25) is 0 Å². The predicted octanol–water partition coefficient (Wildman–Crippen LogP) is 2.88. The number of anilines is 1. The fraction of sp³-hybridized carbons (Fsp3) is 0.389. The molecule has 22 heavy (non-hydrogen) atoms. The van der Waals surface area contributed by atoms with Crippen LogP contribution in [0.25, 0.3) is 0 Å². The molecule has 0 unspecified atom stereocenters. The average Bonchev–Trinajstić information content (AvgIpc) is 2.84. The monoisotopic (exact) mass is 299 g/mol. The molecule has 1 N–H and O–H groups in total. The number of likely N-dealkylation sites (N-methyl/N-ethyl adjacent to an activating group) is 2. The van der Waals surface area contributed by atoms with Gasteiger partial charge in [-0.2, -0.15) is 0 Å². The zero-order valence-corrected chi connectivity index (χ0v) is 13.9. The van der Waals surface area contributed by atoms with Crippen molar-refractivity contribution in [3.05, 3.63) is 53.3 Å². The molecule has 0 aliphatic carbocycles. The lowest BCUT2D eigenvalue weighted by Crippen LogP contribution is -2.34. The number of nitrogens with zero attached hydrogens (tertiary/aromatic N) is 2. The summed E-state index contributed by atoms with van der Waals surface area (Å²) >= 11 is 0. The molecule has 0 bridgehead atoms. The lowest BCUT2D eigenvalue weighted by atomic mass is 10.1. The molecule has 0 spiro atoms. The van der Waals surface area contributed by atoms with Gasteiger partial charge in [-0.3, -0.25) is 9.69 Å². The van der Waals surface area contributed by atoms with Gasteiger partial charge < -0.3 is 9.88 Å². The minimum atomic E-state index is 0.173. The summed E-state index contributed by atoms with van der Waals surface area (Å²) in [6, 6.07) is 12.2. The molecule has 1 aromatic heterocycles. The highest BCUT2D eigenvalue weighted by atomic mass is 16.1. The number of nitrogens with one attached hydrogen (secondary N) is 1. The summed E-state index contributed by atoms with van der Waals surface area (Å²) in [6.07, 6.45) is 0. The molecular weight excluding hydrogens is 274 g/mol. The Morgan fingerprint density at radius 2 is 1.77 bits per heavy atom.